The van der Waals surface area contributed by atoms with Crippen LogP contribution in [0.3, 0.4) is 0 Å². The molecule has 0 bridgehead atoms. The Kier molecular flexibility index (Phi) is 11.5. The number of rotatable bonds is 13. The van der Waals surface area contributed by atoms with Crippen molar-refractivity contribution in [1.29, 1.82) is 0 Å². The Hall–Kier alpha value is -6.41. The van der Waals surface area contributed by atoms with Crippen molar-refractivity contribution < 1.29 is 19.2 Å². The predicted octanol–water partition coefficient (Wildman–Crippen LogP) is 5.10. The Labute approximate surface area is 350 Å². The van der Waals surface area contributed by atoms with Gasteiger partial charge in [-0.15, -0.1) is 34.0 Å². The lowest BCUT2D eigenvalue weighted by Gasteiger charge is -2.31. The van der Waals surface area contributed by atoms with Crippen LogP contribution in [0.4, 0.5) is 16.0 Å². The highest BCUT2D eigenvalue weighted by Crippen LogP contribution is 2.34. The standard InChI is InChI=1S/C40H38N12O4S3/c1-22(28-12-11-27-30(41)33(34(42)53)59-37(27)46-28)45-36(55)26-13-17-51(18-14-26)19-15-43-35(54)25-9-7-23(8-10-25)29-21-58-40(47-29)52-38(56)32(48-49-39-44-16-20-57-39)31(50-52)24-5-3-2-4-6-24/h2-12,16,20-22,26H,13-15,17-19,41H2,1H3,(H2,42,53)(H,43,54)(H,44,49)(H,45,55)/b48-32+. The molecule has 16 nitrogen and oxygen atoms in total. The number of anilines is 3. The number of primary amides is 1. The highest BCUT2D eigenvalue weighted by Gasteiger charge is 2.36. The van der Waals surface area contributed by atoms with Gasteiger partial charge < -0.3 is 27.0 Å². The minimum atomic E-state index is -0.590. The zero-order valence-corrected chi connectivity index (χ0v) is 34.1. The summed E-state index contributed by atoms with van der Waals surface area (Å²) in [6.45, 7) is 4.47. The first-order valence-corrected chi connectivity index (χ1v) is 21.3. The number of benzene rings is 2. The van der Waals surface area contributed by atoms with Crippen LogP contribution < -0.4 is 32.5 Å². The highest BCUT2D eigenvalue weighted by atomic mass is 32.1. The Balaban J connectivity index is 0.808. The molecule has 7 N–H and O–H groups in total. The van der Waals surface area contributed by atoms with Crippen LogP contribution in [-0.4, -0.2) is 81.1 Å². The number of nitrogens with two attached hydrogens (primary N) is 2. The predicted molar refractivity (Wildman–Crippen MR) is 232 cm³/mol. The number of aromatic nitrogens is 3. The smallest absolute Gasteiger partial charge is 0.303 e. The fraction of sp³-hybridized carbons (Fsp3) is 0.225. The SMILES string of the molecule is CC(NC(=O)C1CCN(CCNC(=O)c2ccc(-c3csc(N4N=C(c5ccccc5)/C(=N\Nc5nccs5)C4=O)n3)cc2)CC1)c1ccc2c(N)c(C(N)=O)sc2n1. The summed E-state index contributed by atoms with van der Waals surface area (Å²) in [5.41, 5.74) is 18.6. The Morgan fingerprint density at radius 3 is 2.49 bits per heavy atom. The van der Waals surface area contributed by atoms with Crippen molar-refractivity contribution in [1.82, 2.24) is 30.5 Å². The van der Waals surface area contributed by atoms with Crippen molar-refractivity contribution in [2.24, 2.45) is 21.9 Å². The van der Waals surface area contributed by atoms with E-state index in [2.05, 4.69) is 41.1 Å². The maximum absolute atomic E-state index is 13.6. The van der Waals surface area contributed by atoms with Gasteiger partial charge in [0.25, 0.3) is 11.8 Å². The van der Waals surface area contributed by atoms with E-state index in [0.717, 1.165) is 35.6 Å². The first-order chi connectivity index (χ1) is 28.6. The van der Waals surface area contributed by atoms with Gasteiger partial charge in [-0.3, -0.25) is 24.6 Å². The van der Waals surface area contributed by atoms with E-state index in [1.165, 1.54) is 27.7 Å². The van der Waals surface area contributed by atoms with E-state index in [1.807, 2.05) is 60.1 Å². The number of fused-ring (bicyclic) bond motifs is 1. The van der Waals surface area contributed by atoms with Gasteiger partial charge in [0.05, 0.1) is 23.1 Å². The van der Waals surface area contributed by atoms with E-state index >= 15 is 0 Å². The first-order valence-electron chi connectivity index (χ1n) is 18.7. The number of nitrogen functional groups attached to an aromatic ring is 1. The maximum atomic E-state index is 13.6. The van der Waals surface area contributed by atoms with Crippen molar-refractivity contribution >= 4 is 95.2 Å². The van der Waals surface area contributed by atoms with Crippen LogP contribution in [0.1, 0.15) is 57.1 Å². The number of pyridine rings is 1. The molecule has 0 spiro atoms. The van der Waals surface area contributed by atoms with Crippen molar-refractivity contribution in [3.63, 3.8) is 0 Å². The molecule has 2 aliphatic rings. The van der Waals surface area contributed by atoms with Crippen LogP contribution >= 0.6 is 34.0 Å². The molecule has 2 aromatic carbocycles. The third kappa shape index (κ3) is 8.58. The molecule has 1 unspecified atom stereocenters. The topological polar surface area (TPSA) is 226 Å². The second kappa shape index (κ2) is 17.2. The zero-order valence-electron chi connectivity index (χ0n) is 31.6. The number of hydrazone groups is 2. The van der Waals surface area contributed by atoms with Gasteiger partial charge in [0, 0.05) is 58.0 Å². The molecule has 1 fully saturated rings. The van der Waals surface area contributed by atoms with Gasteiger partial charge in [-0.2, -0.15) is 15.2 Å². The lowest BCUT2D eigenvalue weighted by molar-refractivity contribution is -0.127. The second-order valence-corrected chi connectivity index (χ2v) is 16.6. The number of hydrogen-bond acceptors (Lipinski definition) is 15. The lowest BCUT2D eigenvalue weighted by Crippen LogP contribution is -2.43. The molecule has 59 heavy (non-hydrogen) atoms. The molecule has 0 saturated carbocycles. The molecule has 300 valence electrons. The third-order valence-electron chi connectivity index (χ3n) is 9.99. The van der Waals surface area contributed by atoms with E-state index in [4.69, 9.17) is 16.5 Å². The largest absolute Gasteiger partial charge is 0.397 e. The normalized spacial score (nSPS) is 16.0. The summed E-state index contributed by atoms with van der Waals surface area (Å²) in [5.74, 6) is -1.35. The summed E-state index contributed by atoms with van der Waals surface area (Å²) >= 11 is 3.79. The van der Waals surface area contributed by atoms with Crippen LogP contribution in [0.5, 0.6) is 0 Å². The number of amides is 4. The second-order valence-electron chi connectivity index (χ2n) is 13.8. The molecule has 4 amide bonds. The van der Waals surface area contributed by atoms with E-state index < -0.39 is 11.8 Å². The number of nitrogens with one attached hydrogen (secondary N) is 3. The molecule has 1 saturated heterocycles. The number of nitrogens with zero attached hydrogens (tertiary/aromatic N) is 7. The van der Waals surface area contributed by atoms with E-state index in [-0.39, 0.29) is 34.4 Å². The van der Waals surface area contributed by atoms with E-state index in [1.54, 1.807) is 30.5 Å². The summed E-state index contributed by atoms with van der Waals surface area (Å²) in [6, 6.07) is 19.8. The van der Waals surface area contributed by atoms with Crippen molar-refractivity contribution in [3.05, 3.63) is 105 Å². The number of carbonyl (C=O) groups excluding carboxylic acids is 4. The van der Waals surface area contributed by atoms with Gasteiger partial charge in [-0.1, -0.05) is 42.5 Å². The Bertz CT molecular complexity index is 2580. The van der Waals surface area contributed by atoms with Crippen LogP contribution in [0.15, 0.2) is 93.9 Å². The molecule has 1 atom stereocenters. The number of piperidine rings is 1. The molecule has 6 aromatic rings. The van der Waals surface area contributed by atoms with Gasteiger partial charge >= 0.3 is 5.91 Å². The molecule has 0 aliphatic carbocycles. The lowest BCUT2D eigenvalue weighted by atomic mass is 9.95. The minimum Gasteiger partial charge on any atom is -0.397 e. The van der Waals surface area contributed by atoms with E-state index in [9.17, 15) is 19.2 Å². The number of thiazole rings is 2. The molecular formula is C40H38N12O4S3. The summed E-state index contributed by atoms with van der Waals surface area (Å²) < 4.78 is 0. The van der Waals surface area contributed by atoms with Crippen LogP contribution in [0, 0.1) is 5.92 Å². The number of thiophene rings is 1. The van der Waals surface area contributed by atoms with Gasteiger partial charge in [0.2, 0.25) is 16.2 Å². The average Bonchev–Trinajstić information content (AvgIpc) is 4.08. The van der Waals surface area contributed by atoms with Crippen LogP contribution in [0.2, 0.25) is 0 Å². The van der Waals surface area contributed by atoms with E-state index in [0.29, 0.717) is 74.8 Å². The quantitative estimate of drug-likeness (QED) is 0.0968. The summed E-state index contributed by atoms with van der Waals surface area (Å²) in [4.78, 5) is 68.1. The number of hydrogen-bond donors (Lipinski definition) is 5. The first kappa shape index (κ1) is 39.4. The molecule has 4 aromatic heterocycles. The summed E-state index contributed by atoms with van der Waals surface area (Å²) in [6.07, 6.45) is 3.05. The molecular weight excluding hydrogens is 809 g/mol. The van der Waals surface area contributed by atoms with Gasteiger partial charge in [-0.25, -0.2) is 15.0 Å². The zero-order chi connectivity index (χ0) is 41.0. The van der Waals surface area contributed by atoms with Crippen molar-refractivity contribution in [3.8, 4) is 11.3 Å². The number of likely N-dealkylation sites (tertiary alicyclic amines) is 1. The molecule has 0 radical (unpaired) electrons. The summed E-state index contributed by atoms with van der Waals surface area (Å²) in [5, 5.41) is 21.6. The monoisotopic (exact) mass is 846 g/mol. The minimum absolute atomic E-state index is 0.0250. The molecule has 6 heterocycles. The molecule has 2 aliphatic heterocycles. The van der Waals surface area contributed by atoms with Crippen LogP contribution in [-0.2, 0) is 9.59 Å². The van der Waals surface area contributed by atoms with Crippen molar-refractivity contribution in [2.75, 3.05) is 42.3 Å². The Morgan fingerprint density at radius 1 is 0.983 bits per heavy atom. The highest BCUT2D eigenvalue weighted by molar-refractivity contribution is 7.21. The van der Waals surface area contributed by atoms with Gasteiger partial charge in [0.15, 0.2) is 5.71 Å². The maximum Gasteiger partial charge on any atom is 0.303 e. The molecule has 8 rings (SSSR count). The fourth-order valence-electron chi connectivity index (χ4n) is 6.77. The number of carbonyl (C=O) groups is 4. The molecule has 19 heteroatoms. The average molecular weight is 847 g/mol. The Morgan fingerprint density at radius 2 is 1.76 bits per heavy atom. The van der Waals surface area contributed by atoms with Gasteiger partial charge in [-0.05, 0) is 57.1 Å². The van der Waals surface area contributed by atoms with Crippen LogP contribution in [0.25, 0.3) is 21.5 Å². The van der Waals surface area contributed by atoms with Crippen molar-refractivity contribution in [2.45, 2.75) is 25.8 Å². The van der Waals surface area contributed by atoms with Gasteiger partial charge in [0.1, 0.15) is 15.4 Å². The fourth-order valence-corrected chi connectivity index (χ4v) is 8.98. The third-order valence-corrected chi connectivity index (χ3v) is 12.6. The summed E-state index contributed by atoms with van der Waals surface area (Å²) in [7, 11) is 0.